The molecule has 0 aliphatic rings. The van der Waals surface area contributed by atoms with E-state index in [4.69, 9.17) is 11.6 Å². The van der Waals surface area contributed by atoms with E-state index < -0.39 is 37.6 Å². The molecule has 15 heavy (non-hydrogen) atoms. The van der Waals surface area contributed by atoms with Crippen LogP contribution in [0.4, 0.5) is 8.78 Å². The molecule has 9 heteroatoms. The Labute approximate surface area is 87.9 Å². The zero-order valence-corrected chi connectivity index (χ0v) is 8.57. The first-order chi connectivity index (χ1) is 6.73. The summed E-state index contributed by atoms with van der Waals surface area (Å²) in [6.07, 6.45) is -3.06. The molecule has 1 aromatic heterocycles. The van der Waals surface area contributed by atoms with E-state index in [9.17, 15) is 22.0 Å². The number of aromatic nitrogens is 1. The van der Waals surface area contributed by atoms with Gasteiger partial charge in [-0.2, -0.15) is 0 Å². The van der Waals surface area contributed by atoms with Gasteiger partial charge < -0.3 is 4.98 Å². The van der Waals surface area contributed by atoms with Crippen molar-refractivity contribution in [2.45, 2.75) is 11.5 Å². The average molecular weight is 259 g/mol. The molecule has 0 fully saturated rings. The number of nitrogens with two attached hydrogens (primary N) is 1. The van der Waals surface area contributed by atoms with Gasteiger partial charge in [-0.3, -0.25) is 4.79 Å². The smallest absolute Gasteiger partial charge is 0.268 e. The lowest BCUT2D eigenvalue weighted by atomic mass is 10.3. The summed E-state index contributed by atoms with van der Waals surface area (Å²) < 4.78 is 46.2. The SMILES string of the molecule is NS(=O)(=O)c1cc(C(F)F)c(Cl)c(=O)[nH]1. The van der Waals surface area contributed by atoms with Crippen molar-refractivity contribution in [1.82, 2.24) is 4.98 Å². The summed E-state index contributed by atoms with van der Waals surface area (Å²) in [5, 5.41) is 3.11. The molecule has 0 unspecified atom stereocenters. The van der Waals surface area contributed by atoms with Gasteiger partial charge in [0.2, 0.25) is 0 Å². The minimum atomic E-state index is -4.25. The van der Waals surface area contributed by atoms with Crippen LogP contribution in [0.15, 0.2) is 15.9 Å². The Morgan fingerprint density at radius 2 is 2.00 bits per heavy atom. The fourth-order valence-electron chi connectivity index (χ4n) is 0.851. The summed E-state index contributed by atoms with van der Waals surface area (Å²) >= 11 is 5.25. The minimum Gasteiger partial charge on any atom is -0.311 e. The van der Waals surface area contributed by atoms with Gasteiger partial charge in [0.25, 0.3) is 22.0 Å². The van der Waals surface area contributed by atoms with E-state index in [1.54, 1.807) is 4.98 Å². The number of pyridine rings is 1. The molecule has 0 aliphatic carbocycles. The van der Waals surface area contributed by atoms with Crippen molar-refractivity contribution in [1.29, 1.82) is 0 Å². The molecule has 1 rings (SSSR count). The molecular formula is C6H5ClF2N2O3S. The monoisotopic (exact) mass is 258 g/mol. The molecule has 0 amide bonds. The van der Waals surface area contributed by atoms with Crippen molar-refractivity contribution in [3.63, 3.8) is 0 Å². The Kier molecular flexibility index (Phi) is 3.12. The van der Waals surface area contributed by atoms with Crippen molar-refractivity contribution in [3.05, 3.63) is 27.0 Å². The van der Waals surface area contributed by atoms with E-state index >= 15 is 0 Å². The molecule has 1 aromatic rings. The third-order valence-corrected chi connectivity index (χ3v) is 2.74. The molecular weight excluding hydrogens is 254 g/mol. The van der Waals surface area contributed by atoms with Gasteiger partial charge in [-0.1, -0.05) is 11.6 Å². The van der Waals surface area contributed by atoms with Crippen LogP contribution < -0.4 is 10.7 Å². The lowest BCUT2D eigenvalue weighted by molar-refractivity contribution is 0.151. The Hall–Kier alpha value is -0.990. The van der Waals surface area contributed by atoms with Gasteiger partial charge in [-0.25, -0.2) is 22.3 Å². The number of primary sulfonamides is 1. The second kappa shape index (κ2) is 3.87. The highest BCUT2D eigenvalue weighted by Gasteiger charge is 2.19. The predicted molar refractivity (Wildman–Crippen MR) is 48.4 cm³/mol. The third kappa shape index (κ3) is 2.52. The molecule has 84 valence electrons. The van der Waals surface area contributed by atoms with Gasteiger partial charge in [-0.05, 0) is 6.07 Å². The van der Waals surface area contributed by atoms with E-state index in [0.717, 1.165) is 0 Å². The average Bonchev–Trinajstić information content (AvgIpc) is 2.06. The molecule has 0 aromatic carbocycles. The second-order valence-electron chi connectivity index (χ2n) is 2.58. The Morgan fingerprint density at radius 1 is 1.47 bits per heavy atom. The van der Waals surface area contributed by atoms with Gasteiger partial charge in [0.05, 0.1) is 0 Å². The molecule has 5 nitrogen and oxygen atoms in total. The van der Waals surface area contributed by atoms with Crippen LogP contribution in [0.2, 0.25) is 5.02 Å². The van der Waals surface area contributed by atoms with Crippen molar-refractivity contribution in [2.75, 3.05) is 0 Å². The predicted octanol–water partition coefficient (Wildman–Crippen LogP) is 0.613. The normalized spacial score (nSPS) is 12.1. The molecule has 0 saturated heterocycles. The van der Waals surface area contributed by atoms with Crippen molar-refractivity contribution < 1.29 is 17.2 Å². The van der Waals surface area contributed by atoms with E-state index in [-0.39, 0.29) is 0 Å². The molecule has 3 N–H and O–H groups in total. The number of halogens is 3. The largest absolute Gasteiger partial charge is 0.311 e. The molecule has 0 atom stereocenters. The van der Waals surface area contributed by atoms with Gasteiger partial charge in [0, 0.05) is 5.56 Å². The highest BCUT2D eigenvalue weighted by molar-refractivity contribution is 7.89. The van der Waals surface area contributed by atoms with Crippen molar-refractivity contribution in [3.8, 4) is 0 Å². The first-order valence-electron chi connectivity index (χ1n) is 3.47. The lowest BCUT2D eigenvalue weighted by Gasteiger charge is -2.04. The van der Waals surface area contributed by atoms with Gasteiger partial charge in [0.1, 0.15) is 5.02 Å². The molecule has 0 spiro atoms. The van der Waals surface area contributed by atoms with Crippen LogP contribution in [0.1, 0.15) is 12.0 Å². The zero-order chi connectivity index (χ0) is 11.8. The number of nitrogens with one attached hydrogen (secondary N) is 1. The van der Waals surface area contributed by atoms with E-state index in [0.29, 0.717) is 6.07 Å². The van der Waals surface area contributed by atoms with Crippen molar-refractivity contribution >= 4 is 21.6 Å². The molecule has 0 saturated carbocycles. The first kappa shape index (κ1) is 12.1. The lowest BCUT2D eigenvalue weighted by Crippen LogP contribution is -2.20. The summed E-state index contributed by atoms with van der Waals surface area (Å²) in [5.74, 6) is 0. The molecule has 1 heterocycles. The van der Waals surface area contributed by atoms with Crippen LogP contribution >= 0.6 is 11.6 Å². The number of aromatic amines is 1. The molecule has 0 radical (unpaired) electrons. The highest BCUT2D eigenvalue weighted by Crippen LogP contribution is 2.25. The zero-order valence-electron chi connectivity index (χ0n) is 7.00. The molecule has 0 aliphatic heterocycles. The summed E-state index contributed by atoms with van der Waals surface area (Å²) in [6.45, 7) is 0. The van der Waals surface area contributed by atoms with Crippen LogP contribution in [-0.4, -0.2) is 13.4 Å². The quantitative estimate of drug-likeness (QED) is 0.814. The van der Waals surface area contributed by atoms with Gasteiger partial charge >= 0.3 is 0 Å². The topological polar surface area (TPSA) is 93.0 Å². The number of H-pyrrole nitrogens is 1. The van der Waals surface area contributed by atoms with Crippen LogP contribution in [0, 0.1) is 0 Å². The van der Waals surface area contributed by atoms with E-state index in [1.807, 2.05) is 0 Å². The van der Waals surface area contributed by atoms with E-state index in [2.05, 4.69) is 5.14 Å². The van der Waals surface area contributed by atoms with Crippen molar-refractivity contribution in [2.24, 2.45) is 5.14 Å². The second-order valence-corrected chi connectivity index (χ2v) is 4.49. The number of hydrogen-bond donors (Lipinski definition) is 2. The van der Waals surface area contributed by atoms with Crippen LogP contribution in [0.3, 0.4) is 0 Å². The Balaban J connectivity index is 3.58. The van der Waals surface area contributed by atoms with E-state index in [1.165, 1.54) is 0 Å². The fourth-order valence-corrected chi connectivity index (χ4v) is 1.56. The molecule has 0 bridgehead atoms. The van der Waals surface area contributed by atoms with Crippen LogP contribution in [0.25, 0.3) is 0 Å². The van der Waals surface area contributed by atoms with Crippen LogP contribution in [0.5, 0.6) is 0 Å². The Morgan fingerprint density at radius 3 is 2.40 bits per heavy atom. The number of sulfonamides is 1. The summed E-state index contributed by atoms with van der Waals surface area (Å²) in [4.78, 5) is 12.7. The standard InChI is InChI=1S/C6H5ClF2N2O3S/c7-4-2(5(8)9)1-3(11-6(4)12)15(10,13)14/h1,5H,(H,11,12)(H2,10,13,14). The summed E-state index contributed by atoms with van der Waals surface area (Å²) in [6, 6.07) is 0.531. The number of rotatable bonds is 2. The van der Waals surface area contributed by atoms with Crippen LogP contribution in [-0.2, 0) is 10.0 Å². The maximum atomic E-state index is 12.3. The maximum absolute atomic E-state index is 12.3. The number of hydrogen-bond acceptors (Lipinski definition) is 3. The maximum Gasteiger partial charge on any atom is 0.268 e. The highest BCUT2D eigenvalue weighted by atomic mass is 35.5. The minimum absolute atomic E-state index is 0.531. The van der Waals surface area contributed by atoms with Gasteiger partial charge in [0.15, 0.2) is 5.03 Å². The number of alkyl halides is 2. The Bertz CT molecular complexity index is 540. The third-order valence-electron chi connectivity index (χ3n) is 1.52. The first-order valence-corrected chi connectivity index (χ1v) is 5.39. The van der Waals surface area contributed by atoms with Gasteiger partial charge in [-0.15, -0.1) is 0 Å². The summed E-state index contributed by atoms with van der Waals surface area (Å²) in [5.41, 5.74) is -2.00. The summed E-state index contributed by atoms with van der Waals surface area (Å²) in [7, 11) is -4.25. The fraction of sp³-hybridized carbons (Fsp3) is 0.167.